The normalized spacial score (nSPS) is 9.94. The van der Waals surface area contributed by atoms with Gasteiger partial charge < -0.3 is 10.8 Å². The largest absolute Gasteiger partial charge is 0.481 e. The average molecular weight is 245 g/mol. The predicted molar refractivity (Wildman–Crippen MR) is 74.2 cm³/mol. The van der Waals surface area contributed by atoms with Gasteiger partial charge in [-0.25, -0.2) is 0 Å². The Hall–Kier alpha value is -0.570. The summed E-state index contributed by atoms with van der Waals surface area (Å²) in [6, 6.07) is 0.333. The Morgan fingerprint density at radius 3 is 1.71 bits per heavy atom. The molecule has 0 spiro atoms. The van der Waals surface area contributed by atoms with Crippen LogP contribution in [0.4, 0.5) is 0 Å². The van der Waals surface area contributed by atoms with Gasteiger partial charge in [0.1, 0.15) is 0 Å². The fourth-order valence-electron chi connectivity index (χ4n) is 1.41. The van der Waals surface area contributed by atoms with E-state index in [4.69, 9.17) is 10.8 Å². The van der Waals surface area contributed by atoms with Crippen molar-refractivity contribution in [3.63, 3.8) is 0 Å². The summed E-state index contributed by atoms with van der Waals surface area (Å²) in [6.07, 6.45) is 10.1. The van der Waals surface area contributed by atoms with Crippen molar-refractivity contribution in [2.45, 2.75) is 84.6 Å². The Balaban J connectivity index is 0. The molecule has 0 aliphatic carbocycles. The third-order valence-electron chi connectivity index (χ3n) is 2.24. The molecule has 0 unspecified atom stereocenters. The molecule has 0 radical (unpaired) electrons. The summed E-state index contributed by atoms with van der Waals surface area (Å²) in [4.78, 5) is 10.2. The lowest BCUT2D eigenvalue weighted by atomic mass is 10.1. The monoisotopic (exact) mass is 245 g/mol. The Kier molecular flexibility index (Phi) is 17.1. The van der Waals surface area contributed by atoms with Gasteiger partial charge in [0.15, 0.2) is 0 Å². The molecular formula is C14H31NO2. The second kappa shape index (κ2) is 15.4. The maximum absolute atomic E-state index is 10.2. The standard InChI is InChI=1S/C11H22O2.C3H9N/c1-2-3-4-5-6-7-8-9-10-11(12)13;1-3(2)4/h2-10H2,1H3,(H,12,13);3H,4H2,1-2H3. The summed E-state index contributed by atoms with van der Waals surface area (Å²) in [6.45, 7) is 6.10. The summed E-state index contributed by atoms with van der Waals surface area (Å²) < 4.78 is 0. The molecular weight excluding hydrogens is 214 g/mol. The van der Waals surface area contributed by atoms with Crippen LogP contribution in [0.2, 0.25) is 0 Å². The average Bonchev–Trinajstić information content (AvgIpc) is 2.21. The van der Waals surface area contributed by atoms with Crippen LogP contribution in [0.15, 0.2) is 0 Å². The first-order valence-electron chi connectivity index (χ1n) is 6.98. The zero-order valence-electron chi connectivity index (χ0n) is 11.9. The van der Waals surface area contributed by atoms with E-state index >= 15 is 0 Å². The smallest absolute Gasteiger partial charge is 0.303 e. The number of hydrogen-bond donors (Lipinski definition) is 2. The van der Waals surface area contributed by atoms with Gasteiger partial charge in [0.25, 0.3) is 0 Å². The number of unbranched alkanes of at least 4 members (excludes halogenated alkanes) is 7. The maximum atomic E-state index is 10.2. The molecule has 0 heterocycles. The number of hydrogen-bond acceptors (Lipinski definition) is 2. The fourth-order valence-corrected chi connectivity index (χ4v) is 1.41. The Labute approximate surface area is 107 Å². The Bertz CT molecular complexity index is 156. The summed E-state index contributed by atoms with van der Waals surface area (Å²) >= 11 is 0. The van der Waals surface area contributed by atoms with Crippen LogP contribution in [-0.2, 0) is 4.79 Å². The van der Waals surface area contributed by atoms with Crippen LogP contribution in [0, 0.1) is 0 Å². The predicted octanol–water partition coefficient (Wildman–Crippen LogP) is 3.96. The minimum atomic E-state index is -0.661. The maximum Gasteiger partial charge on any atom is 0.303 e. The van der Waals surface area contributed by atoms with Crippen LogP contribution in [0.1, 0.15) is 78.6 Å². The van der Waals surface area contributed by atoms with Crippen LogP contribution in [0.3, 0.4) is 0 Å². The summed E-state index contributed by atoms with van der Waals surface area (Å²) in [5.41, 5.74) is 5.11. The number of nitrogens with two attached hydrogens (primary N) is 1. The Morgan fingerprint density at radius 1 is 1.00 bits per heavy atom. The third kappa shape index (κ3) is 31.3. The number of carbonyl (C=O) groups is 1. The lowest BCUT2D eigenvalue weighted by molar-refractivity contribution is -0.137. The van der Waals surface area contributed by atoms with E-state index in [1.54, 1.807) is 0 Å². The quantitative estimate of drug-likeness (QED) is 0.604. The molecule has 0 aromatic rings. The second-order valence-corrected chi connectivity index (χ2v) is 4.86. The van der Waals surface area contributed by atoms with E-state index in [1.807, 2.05) is 13.8 Å². The summed E-state index contributed by atoms with van der Waals surface area (Å²) in [5, 5.41) is 8.39. The molecule has 0 aliphatic heterocycles. The van der Waals surface area contributed by atoms with Crippen LogP contribution in [-0.4, -0.2) is 17.1 Å². The molecule has 17 heavy (non-hydrogen) atoms. The van der Waals surface area contributed by atoms with Crippen LogP contribution >= 0.6 is 0 Å². The van der Waals surface area contributed by atoms with Crippen LogP contribution < -0.4 is 5.73 Å². The van der Waals surface area contributed by atoms with Crippen molar-refractivity contribution in [1.82, 2.24) is 0 Å². The molecule has 0 aromatic heterocycles. The molecule has 3 N–H and O–H groups in total. The van der Waals surface area contributed by atoms with E-state index in [-0.39, 0.29) is 0 Å². The van der Waals surface area contributed by atoms with Gasteiger partial charge in [-0.15, -0.1) is 0 Å². The van der Waals surface area contributed by atoms with E-state index < -0.39 is 5.97 Å². The number of aliphatic carboxylic acids is 1. The molecule has 0 atom stereocenters. The van der Waals surface area contributed by atoms with Crippen molar-refractivity contribution in [3.05, 3.63) is 0 Å². The number of rotatable bonds is 9. The topological polar surface area (TPSA) is 63.3 Å². The van der Waals surface area contributed by atoms with Gasteiger partial charge in [-0.3, -0.25) is 4.79 Å². The van der Waals surface area contributed by atoms with Gasteiger partial charge in [0.05, 0.1) is 0 Å². The highest BCUT2D eigenvalue weighted by atomic mass is 16.4. The fraction of sp³-hybridized carbons (Fsp3) is 0.929. The van der Waals surface area contributed by atoms with Crippen LogP contribution in [0.5, 0.6) is 0 Å². The summed E-state index contributed by atoms with van der Waals surface area (Å²) in [5.74, 6) is -0.661. The highest BCUT2D eigenvalue weighted by Gasteiger charge is 1.95. The molecule has 0 bridgehead atoms. The molecule has 3 nitrogen and oxygen atoms in total. The van der Waals surface area contributed by atoms with Crippen LogP contribution in [0.25, 0.3) is 0 Å². The molecule has 0 rings (SSSR count). The van der Waals surface area contributed by atoms with Gasteiger partial charge >= 0.3 is 5.97 Å². The summed E-state index contributed by atoms with van der Waals surface area (Å²) in [7, 11) is 0. The highest BCUT2D eigenvalue weighted by molar-refractivity contribution is 5.66. The molecule has 0 fully saturated rings. The van der Waals surface area contributed by atoms with Gasteiger partial charge in [-0.05, 0) is 12.5 Å². The first kappa shape index (κ1) is 18.8. The van der Waals surface area contributed by atoms with Gasteiger partial charge in [0.2, 0.25) is 0 Å². The zero-order valence-corrected chi connectivity index (χ0v) is 11.9. The van der Waals surface area contributed by atoms with E-state index in [2.05, 4.69) is 6.92 Å². The molecule has 0 amide bonds. The molecule has 0 aliphatic rings. The molecule has 0 saturated heterocycles. The first-order chi connectivity index (χ1) is 8.00. The zero-order chi connectivity index (χ0) is 13.5. The second-order valence-electron chi connectivity index (χ2n) is 4.86. The van der Waals surface area contributed by atoms with Gasteiger partial charge in [-0.1, -0.05) is 65.7 Å². The Morgan fingerprint density at radius 2 is 1.35 bits per heavy atom. The van der Waals surface area contributed by atoms with Gasteiger partial charge in [0, 0.05) is 6.42 Å². The van der Waals surface area contributed by atoms with E-state index in [0.29, 0.717) is 12.5 Å². The van der Waals surface area contributed by atoms with E-state index in [1.165, 1.54) is 38.5 Å². The van der Waals surface area contributed by atoms with Crippen molar-refractivity contribution in [2.24, 2.45) is 5.73 Å². The van der Waals surface area contributed by atoms with Crippen molar-refractivity contribution < 1.29 is 9.90 Å². The molecule has 104 valence electrons. The SMILES string of the molecule is CC(C)N.CCCCCCCCCCC(=O)O. The lowest BCUT2D eigenvalue weighted by Gasteiger charge is -1.99. The molecule has 0 saturated carbocycles. The minimum Gasteiger partial charge on any atom is -0.481 e. The van der Waals surface area contributed by atoms with Crippen molar-refractivity contribution in [2.75, 3.05) is 0 Å². The van der Waals surface area contributed by atoms with Crippen molar-refractivity contribution in [3.8, 4) is 0 Å². The van der Waals surface area contributed by atoms with Crippen molar-refractivity contribution in [1.29, 1.82) is 0 Å². The number of carboxylic acids is 1. The van der Waals surface area contributed by atoms with E-state index in [0.717, 1.165) is 12.8 Å². The minimum absolute atomic E-state index is 0.333. The van der Waals surface area contributed by atoms with Gasteiger partial charge in [-0.2, -0.15) is 0 Å². The molecule has 0 aromatic carbocycles. The lowest BCUT2D eigenvalue weighted by Crippen LogP contribution is -2.06. The van der Waals surface area contributed by atoms with Crippen molar-refractivity contribution >= 4 is 5.97 Å². The van der Waals surface area contributed by atoms with E-state index in [9.17, 15) is 4.79 Å². The molecule has 3 heteroatoms. The highest BCUT2D eigenvalue weighted by Crippen LogP contribution is 2.09. The third-order valence-corrected chi connectivity index (χ3v) is 2.24. The number of carboxylic acid groups (broad SMARTS) is 1. The first-order valence-corrected chi connectivity index (χ1v) is 6.98.